The minimum atomic E-state index is -0.716. The van der Waals surface area contributed by atoms with E-state index >= 15 is 0 Å². The quantitative estimate of drug-likeness (QED) is 0.141. The van der Waals surface area contributed by atoms with Crippen LogP contribution in [0, 0.1) is 11.8 Å². The molecule has 3 amide bonds. The maximum atomic E-state index is 13.7. The van der Waals surface area contributed by atoms with Crippen LogP contribution in [0.2, 0.25) is 0 Å². The Kier molecular flexibility index (Phi) is 10.4. The Hall–Kier alpha value is -5.33. The zero-order valence-electron chi connectivity index (χ0n) is 30.9. The van der Waals surface area contributed by atoms with Crippen LogP contribution in [0.15, 0.2) is 57.6 Å². The molecule has 13 nitrogen and oxygen atoms in total. The molecule has 4 aromatic rings. The number of carbonyl (C=O) groups excluding carboxylic acids is 3. The monoisotopic (exact) mass is 725 g/mol. The lowest BCUT2D eigenvalue weighted by atomic mass is 9.97. The number of rotatable bonds is 11. The summed E-state index contributed by atoms with van der Waals surface area (Å²) in [5.74, 6) is 4.49. The van der Waals surface area contributed by atoms with E-state index < -0.39 is 12.1 Å². The van der Waals surface area contributed by atoms with Crippen LogP contribution in [0.1, 0.15) is 96.5 Å². The molecule has 0 aliphatic carbocycles. The number of hydrogen-bond acceptors (Lipinski definition) is 10. The number of likely N-dealkylation sites (tertiary alicyclic amines) is 2. The van der Waals surface area contributed by atoms with Gasteiger partial charge in [-0.25, -0.2) is 14.8 Å². The predicted octanol–water partition coefficient (Wildman–Crippen LogP) is 8.43. The number of amides is 3. The highest BCUT2D eigenvalue weighted by Crippen LogP contribution is 2.48. The molecule has 53 heavy (non-hydrogen) atoms. The van der Waals surface area contributed by atoms with E-state index in [1.807, 2.05) is 55.1 Å². The van der Waals surface area contributed by atoms with Crippen LogP contribution in [-0.4, -0.2) is 63.9 Å². The number of oxazole rings is 2. The van der Waals surface area contributed by atoms with E-state index in [1.165, 1.54) is 7.11 Å². The fourth-order valence-corrected chi connectivity index (χ4v) is 7.25. The van der Waals surface area contributed by atoms with Gasteiger partial charge in [-0.1, -0.05) is 40.5 Å². The molecule has 1 N–H and O–H groups in total. The van der Waals surface area contributed by atoms with E-state index in [0.717, 1.165) is 43.4 Å². The SMILES string of the molecule is CCC(C)CC(=O)N1CCCC1c1ncc(-c2ccc3c(c2)Oc2ccc(-c4cnc(C5CCCN5C(=O)C(NC(=O)OC)C(C)CC)o4)cc2O3)o1. The van der Waals surface area contributed by atoms with Crippen molar-refractivity contribution in [2.45, 2.75) is 90.8 Å². The molecule has 13 heteroatoms. The minimum Gasteiger partial charge on any atom is -0.453 e. The maximum Gasteiger partial charge on any atom is 0.407 e. The lowest BCUT2D eigenvalue weighted by molar-refractivity contribution is -0.136. The maximum absolute atomic E-state index is 13.7. The summed E-state index contributed by atoms with van der Waals surface area (Å²) in [6, 6.07) is 9.90. The number of alkyl carbamates (subject to hydrolysis) is 1. The van der Waals surface area contributed by atoms with Crippen LogP contribution in [0.3, 0.4) is 0 Å². The van der Waals surface area contributed by atoms with E-state index in [4.69, 9.17) is 23.0 Å². The van der Waals surface area contributed by atoms with Crippen molar-refractivity contribution in [2.24, 2.45) is 11.8 Å². The molecule has 2 fully saturated rings. The van der Waals surface area contributed by atoms with E-state index in [2.05, 4.69) is 29.1 Å². The van der Waals surface area contributed by atoms with Crippen molar-refractivity contribution in [3.63, 3.8) is 0 Å². The number of methoxy groups -OCH3 is 1. The average molecular weight is 726 g/mol. The second kappa shape index (κ2) is 15.3. The molecule has 5 unspecified atom stereocenters. The summed E-state index contributed by atoms with van der Waals surface area (Å²) in [6.45, 7) is 9.38. The van der Waals surface area contributed by atoms with Gasteiger partial charge in [0.15, 0.2) is 34.5 Å². The van der Waals surface area contributed by atoms with Crippen LogP contribution in [0.25, 0.3) is 22.6 Å². The zero-order chi connectivity index (χ0) is 37.2. The Balaban J connectivity index is 1.04. The van der Waals surface area contributed by atoms with E-state index in [9.17, 15) is 14.4 Å². The Bertz CT molecular complexity index is 1970. The first-order valence-corrected chi connectivity index (χ1v) is 18.7. The first kappa shape index (κ1) is 36.0. The van der Waals surface area contributed by atoms with E-state index in [0.29, 0.717) is 78.0 Å². The van der Waals surface area contributed by atoms with Crippen LogP contribution in [0.4, 0.5) is 4.79 Å². The van der Waals surface area contributed by atoms with Crippen molar-refractivity contribution < 1.29 is 37.4 Å². The van der Waals surface area contributed by atoms with Gasteiger partial charge in [0.05, 0.1) is 19.5 Å². The van der Waals surface area contributed by atoms with E-state index in [1.54, 1.807) is 17.3 Å². The molecule has 280 valence electrons. The Morgan fingerprint density at radius 3 is 1.89 bits per heavy atom. The van der Waals surface area contributed by atoms with Crippen LogP contribution < -0.4 is 14.8 Å². The van der Waals surface area contributed by atoms with Crippen molar-refractivity contribution in [2.75, 3.05) is 20.2 Å². The van der Waals surface area contributed by atoms with Gasteiger partial charge in [0, 0.05) is 30.6 Å². The number of aromatic nitrogens is 2. The van der Waals surface area contributed by atoms with Gasteiger partial charge in [-0.05, 0) is 73.9 Å². The van der Waals surface area contributed by atoms with Gasteiger partial charge < -0.3 is 38.2 Å². The molecule has 5 atom stereocenters. The standard InChI is InChI=1S/C40H47N5O8/c1-6-23(3)18-35(46)44-16-8-10-27(44)37-41-21-33(52-37)25-12-14-29-31(19-25)50-30-15-13-26(20-32(30)51-29)34-22-42-38(53-34)28-11-9-17-45(28)39(47)36(24(4)7-2)43-40(48)49-5/h12-15,19-24,27-28,36H,6-11,16-18H2,1-5H3,(H,43,48). The predicted molar refractivity (Wildman–Crippen MR) is 194 cm³/mol. The number of nitrogens with zero attached hydrogens (tertiary/aromatic N) is 4. The fraction of sp³-hybridized carbons (Fsp3) is 0.475. The van der Waals surface area contributed by atoms with Crippen LogP contribution in [0.5, 0.6) is 23.0 Å². The summed E-state index contributed by atoms with van der Waals surface area (Å²) in [7, 11) is 1.28. The van der Waals surface area contributed by atoms with Gasteiger partial charge in [0.25, 0.3) is 0 Å². The van der Waals surface area contributed by atoms with Crippen molar-refractivity contribution in [3.05, 3.63) is 60.6 Å². The summed E-state index contributed by atoms with van der Waals surface area (Å²) in [6.07, 6.45) is 8.17. The molecular weight excluding hydrogens is 678 g/mol. The highest BCUT2D eigenvalue weighted by molar-refractivity contribution is 5.86. The Labute approximate surface area is 309 Å². The van der Waals surface area contributed by atoms with Gasteiger partial charge in [-0.3, -0.25) is 9.59 Å². The molecule has 0 bridgehead atoms. The summed E-state index contributed by atoms with van der Waals surface area (Å²) in [5, 5.41) is 2.72. The topological polar surface area (TPSA) is 149 Å². The highest BCUT2D eigenvalue weighted by atomic mass is 16.6. The molecule has 5 heterocycles. The molecule has 2 aromatic carbocycles. The number of benzene rings is 2. The molecule has 2 saturated heterocycles. The van der Waals surface area contributed by atoms with E-state index in [-0.39, 0.29) is 29.8 Å². The third kappa shape index (κ3) is 7.34. The minimum absolute atomic E-state index is 0.0855. The highest BCUT2D eigenvalue weighted by Gasteiger charge is 2.39. The van der Waals surface area contributed by atoms with Crippen molar-refractivity contribution in [1.29, 1.82) is 0 Å². The number of nitrogens with one attached hydrogen (secondary N) is 1. The molecular formula is C40H47N5O8. The zero-order valence-corrected chi connectivity index (χ0v) is 30.9. The van der Waals surface area contributed by atoms with Crippen LogP contribution >= 0.6 is 0 Å². The number of fused-ring (bicyclic) bond motifs is 2. The van der Waals surface area contributed by atoms with Gasteiger partial charge in [0.2, 0.25) is 23.6 Å². The Morgan fingerprint density at radius 2 is 1.36 bits per heavy atom. The summed E-state index contributed by atoms with van der Waals surface area (Å²) in [4.78, 5) is 51.5. The Morgan fingerprint density at radius 1 is 0.811 bits per heavy atom. The van der Waals surface area contributed by atoms with Gasteiger partial charge >= 0.3 is 6.09 Å². The van der Waals surface area contributed by atoms with Crippen molar-refractivity contribution in [3.8, 4) is 45.6 Å². The molecule has 0 spiro atoms. The molecule has 2 aromatic heterocycles. The van der Waals surface area contributed by atoms with Gasteiger partial charge in [-0.2, -0.15) is 0 Å². The third-order valence-electron chi connectivity index (χ3n) is 10.8. The molecule has 0 saturated carbocycles. The second-order valence-corrected chi connectivity index (χ2v) is 14.3. The second-order valence-electron chi connectivity index (χ2n) is 14.3. The van der Waals surface area contributed by atoms with Crippen molar-refractivity contribution in [1.82, 2.24) is 25.1 Å². The molecule has 3 aliphatic heterocycles. The summed E-state index contributed by atoms with van der Waals surface area (Å²) < 4.78 is 29.8. The number of carbonyl (C=O) groups is 3. The summed E-state index contributed by atoms with van der Waals surface area (Å²) in [5.41, 5.74) is 1.52. The smallest absolute Gasteiger partial charge is 0.407 e. The third-order valence-corrected chi connectivity index (χ3v) is 10.8. The van der Waals surface area contributed by atoms with Gasteiger partial charge in [-0.15, -0.1) is 0 Å². The number of ether oxygens (including phenoxy) is 3. The van der Waals surface area contributed by atoms with Crippen LogP contribution in [-0.2, 0) is 14.3 Å². The lowest BCUT2D eigenvalue weighted by Gasteiger charge is -2.30. The lowest BCUT2D eigenvalue weighted by Crippen LogP contribution is -2.51. The normalized spacial score (nSPS) is 19.4. The molecule has 0 radical (unpaired) electrons. The largest absolute Gasteiger partial charge is 0.453 e. The number of hydrogen-bond donors (Lipinski definition) is 1. The summed E-state index contributed by atoms with van der Waals surface area (Å²) >= 11 is 0. The fourth-order valence-electron chi connectivity index (χ4n) is 7.25. The molecule has 3 aliphatic rings. The van der Waals surface area contributed by atoms with Crippen molar-refractivity contribution >= 4 is 17.9 Å². The first-order chi connectivity index (χ1) is 25.7. The average Bonchev–Trinajstić information content (AvgIpc) is 4.01. The molecule has 7 rings (SSSR count). The van der Waals surface area contributed by atoms with Gasteiger partial charge in [0.1, 0.15) is 18.1 Å². The first-order valence-electron chi connectivity index (χ1n) is 18.7.